The molecule has 1 aromatic carbocycles. The fourth-order valence-corrected chi connectivity index (χ4v) is 1.43. The second kappa shape index (κ2) is 8.09. The quantitative estimate of drug-likeness (QED) is 0.430. The van der Waals surface area contributed by atoms with Gasteiger partial charge in [-0.25, -0.2) is 12.1 Å². The van der Waals surface area contributed by atoms with Gasteiger partial charge in [-0.1, -0.05) is 32.1 Å². The summed E-state index contributed by atoms with van der Waals surface area (Å²) in [6, 6.07) is 10.0. The molecule has 0 amide bonds. The third-order valence-corrected chi connectivity index (χ3v) is 2.22. The van der Waals surface area contributed by atoms with Crippen molar-refractivity contribution in [2.45, 2.75) is 20.3 Å². The van der Waals surface area contributed by atoms with Crippen molar-refractivity contribution < 1.29 is 22.2 Å². The Labute approximate surface area is 108 Å². The van der Waals surface area contributed by atoms with Crippen LogP contribution in [0.3, 0.4) is 0 Å². The minimum Gasteiger partial charge on any atom is -0.875 e. The van der Waals surface area contributed by atoms with Crippen molar-refractivity contribution >= 4 is 0 Å². The van der Waals surface area contributed by atoms with Crippen LogP contribution in [-0.2, 0) is 17.1 Å². The number of rotatable bonds is 1. The molecule has 0 spiro atoms. The van der Waals surface area contributed by atoms with Gasteiger partial charge in [0.25, 0.3) is 0 Å². The van der Waals surface area contributed by atoms with E-state index >= 15 is 0 Å². The van der Waals surface area contributed by atoms with Crippen molar-refractivity contribution in [2.24, 2.45) is 0 Å². The predicted molar refractivity (Wildman–Crippen MR) is 62.2 cm³/mol. The van der Waals surface area contributed by atoms with Gasteiger partial charge < -0.3 is 5.11 Å². The topological polar surface area (TPSA) is 23.1 Å². The van der Waals surface area contributed by atoms with Crippen molar-refractivity contribution in [2.75, 3.05) is 0 Å². The maximum atomic E-state index is 10.9. The minimum atomic E-state index is 0. The molecule has 2 heteroatoms. The second-order valence-corrected chi connectivity index (χ2v) is 3.34. The molecule has 2 rings (SSSR count). The predicted octanol–water partition coefficient (Wildman–Crippen LogP) is 2.93. The zero-order valence-corrected chi connectivity index (χ0v) is 10.7. The van der Waals surface area contributed by atoms with Gasteiger partial charge in [0.2, 0.25) is 0 Å². The van der Waals surface area contributed by atoms with Crippen LogP contribution in [0, 0.1) is 0 Å². The molecule has 1 aromatic rings. The van der Waals surface area contributed by atoms with Gasteiger partial charge in [0, 0.05) is 0 Å². The number of allylic oxidation sites excluding steroid dienone is 6. The van der Waals surface area contributed by atoms with Crippen LogP contribution < -0.4 is 5.11 Å². The minimum absolute atomic E-state index is 0. The summed E-state index contributed by atoms with van der Waals surface area (Å²) in [5, 5.41) is 10.9. The average molecular weight is 256 g/mol. The summed E-state index contributed by atoms with van der Waals surface area (Å²) in [5.41, 5.74) is 2.04. The normalized spacial score (nSPS) is 15.8. The van der Waals surface area contributed by atoms with Gasteiger partial charge in [-0.05, 0) is 17.6 Å². The third kappa shape index (κ3) is 4.61. The Morgan fingerprint density at radius 3 is 2.25 bits per heavy atom. The van der Waals surface area contributed by atoms with Crippen LogP contribution in [0.15, 0.2) is 65.5 Å². The SMILES string of the molecule is CCC1=CC=C/C1=C(/C)[O-].[Fe+2].c1cc[cH-]c1. The average Bonchev–Trinajstić information content (AvgIpc) is 2.92. The summed E-state index contributed by atoms with van der Waals surface area (Å²) in [6.07, 6.45) is 6.75. The summed E-state index contributed by atoms with van der Waals surface area (Å²) in [4.78, 5) is 0. The van der Waals surface area contributed by atoms with Gasteiger partial charge in [-0.3, -0.25) is 0 Å². The van der Waals surface area contributed by atoms with E-state index in [9.17, 15) is 5.11 Å². The van der Waals surface area contributed by atoms with Gasteiger partial charge in [0.05, 0.1) is 0 Å². The third-order valence-electron chi connectivity index (χ3n) is 2.22. The molecule has 0 aromatic heterocycles. The first kappa shape index (κ1) is 14.9. The van der Waals surface area contributed by atoms with Crippen LogP contribution >= 0.6 is 0 Å². The summed E-state index contributed by atoms with van der Waals surface area (Å²) in [5.74, 6) is 0.168. The first-order valence-corrected chi connectivity index (χ1v) is 5.18. The standard InChI is InChI=1S/C9H12O.C5H5.Fe/c1-3-8-5-4-6-9(8)7(2)10;1-2-4-5-3-1;/h4-6,10H,3H2,1-2H3;1-5H;/q;-1;+2/p-1/b9-7+;;. The molecule has 86 valence electrons. The Balaban J connectivity index is 0.000000318. The molecular formula is C14H16FeO. The Kier molecular flexibility index (Phi) is 7.53. The van der Waals surface area contributed by atoms with Crippen LogP contribution in [0.1, 0.15) is 20.3 Å². The maximum absolute atomic E-state index is 10.9. The Morgan fingerprint density at radius 1 is 1.31 bits per heavy atom. The van der Waals surface area contributed by atoms with E-state index in [1.54, 1.807) is 6.92 Å². The summed E-state index contributed by atoms with van der Waals surface area (Å²) in [7, 11) is 0. The molecule has 0 fully saturated rings. The van der Waals surface area contributed by atoms with Crippen LogP contribution in [0.5, 0.6) is 0 Å². The van der Waals surface area contributed by atoms with Crippen molar-refractivity contribution in [1.29, 1.82) is 0 Å². The summed E-state index contributed by atoms with van der Waals surface area (Å²) < 4.78 is 0. The zero-order chi connectivity index (χ0) is 11.1. The second-order valence-electron chi connectivity index (χ2n) is 3.34. The number of hydrogen-bond donors (Lipinski definition) is 0. The fourth-order valence-electron chi connectivity index (χ4n) is 1.43. The zero-order valence-electron chi connectivity index (χ0n) is 9.59. The Bertz CT molecular complexity index is 348. The summed E-state index contributed by atoms with van der Waals surface area (Å²) >= 11 is 0. The van der Waals surface area contributed by atoms with Crippen molar-refractivity contribution in [3.63, 3.8) is 0 Å². The molecule has 16 heavy (non-hydrogen) atoms. The maximum Gasteiger partial charge on any atom is 2.00 e. The van der Waals surface area contributed by atoms with Crippen molar-refractivity contribution in [1.82, 2.24) is 0 Å². The molecule has 0 atom stereocenters. The monoisotopic (exact) mass is 256 g/mol. The van der Waals surface area contributed by atoms with E-state index in [1.807, 2.05) is 48.6 Å². The van der Waals surface area contributed by atoms with Gasteiger partial charge >= 0.3 is 17.1 Å². The van der Waals surface area contributed by atoms with Gasteiger partial charge in [-0.15, -0.1) is 5.76 Å². The van der Waals surface area contributed by atoms with Crippen LogP contribution in [-0.4, -0.2) is 0 Å². The molecule has 0 heterocycles. The molecule has 0 unspecified atom stereocenters. The number of hydrogen-bond acceptors (Lipinski definition) is 1. The van der Waals surface area contributed by atoms with E-state index in [0.717, 1.165) is 17.6 Å². The molecule has 0 N–H and O–H groups in total. The summed E-state index contributed by atoms with van der Waals surface area (Å²) in [6.45, 7) is 3.66. The molecule has 1 aliphatic rings. The molecule has 0 radical (unpaired) electrons. The molecule has 1 aliphatic carbocycles. The largest absolute Gasteiger partial charge is 2.00 e. The fraction of sp³-hybridized carbons (Fsp3) is 0.214. The van der Waals surface area contributed by atoms with E-state index in [0.29, 0.717) is 0 Å². The van der Waals surface area contributed by atoms with E-state index in [2.05, 4.69) is 6.92 Å². The molecular weight excluding hydrogens is 240 g/mol. The van der Waals surface area contributed by atoms with Gasteiger partial charge in [-0.2, -0.15) is 18.2 Å². The van der Waals surface area contributed by atoms with Crippen LogP contribution in [0.25, 0.3) is 0 Å². The molecule has 0 aliphatic heterocycles. The Morgan fingerprint density at radius 2 is 1.94 bits per heavy atom. The Hall–Kier alpha value is -1.11. The molecule has 0 saturated heterocycles. The van der Waals surface area contributed by atoms with Gasteiger partial charge in [0.15, 0.2) is 0 Å². The van der Waals surface area contributed by atoms with Crippen molar-refractivity contribution in [3.05, 3.63) is 65.5 Å². The van der Waals surface area contributed by atoms with Crippen LogP contribution in [0.2, 0.25) is 0 Å². The first-order valence-electron chi connectivity index (χ1n) is 5.18. The van der Waals surface area contributed by atoms with E-state index in [1.165, 1.54) is 0 Å². The van der Waals surface area contributed by atoms with Crippen LogP contribution in [0.4, 0.5) is 0 Å². The van der Waals surface area contributed by atoms with E-state index in [-0.39, 0.29) is 22.8 Å². The van der Waals surface area contributed by atoms with Crippen molar-refractivity contribution in [3.8, 4) is 0 Å². The van der Waals surface area contributed by atoms with E-state index < -0.39 is 0 Å². The van der Waals surface area contributed by atoms with E-state index in [4.69, 9.17) is 0 Å². The molecule has 0 bridgehead atoms. The molecule has 0 saturated carbocycles. The smallest absolute Gasteiger partial charge is 0.875 e. The van der Waals surface area contributed by atoms with Gasteiger partial charge in [0.1, 0.15) is 0 Å². The molecule has 1 nitrogen and oxygen atoms in total. The first-order chi connectivity index (χ1) is 7.25.